The Morgan fingerprint density at radius 3 is 2.79 bits per heavy atom. The summed E-state index contributed by atoms with van der Waals surface area (Å²) in [6.07, 6.45) is 6.63. The predicted molar refractivity (Wildman–Crippen MR) is 82.4 cm³/mol. The number of rotatable bonds is 4. The van der Waals surface area contributed by atoms with E-state index in [-0.39, 0.29) is 0 Å². The van der Waals surface area contributed by atoms with Gasteiger partial charge >= 0.3 is 0 Å². The molecule has 0 aliphatic carbocycles. The van der Waals surface area contributed by atoms with Gasteiger partial charge in [0.05, 0.1) is 0 Å². The molecule has 0 saturated heterocycles. The number of nitrogens with zero attached hydrogens (tertiary/aromatic N) is 1. The summed E-state index contributed by atoms with van der Waals surface area (Å²) >= 11 is 12.3. The molecular formula is C15H16Cl2N2. The maximum absolute atomic E-state index is 6.31. The van der Waals surface area contributed by atoms with Gasteiger partial charge in [0.1, 0.15) is 5.82 Å². The van der Waals surface area contributed by atoms with Gasteiger partial charge in [-0.05, 0) is 41.7 Å². The van der Waals surface area contributed by atoms with Gasteiger partial charge in [0, 0.05) is 22.4 Å². The predicted octanol–water partition coefficient (Wildman–Crippen LogP) is 5.30. The molecule has 1 N–H and O–H groups in total. The zero-order valence-electron chi connectivity index (χ0n) is 11.0. The van der Waals surface area contributed by atoms with Crippen LogP contribution in [0, 0.1) is 5.92 Å². The molecule has 1 unspecified atom stereocenters. The Morgan fingerprint density at radius 1 is 1.42 bits per heavy atom. The second kappa shape index (κ2) is 6.27. The number of benzene rings is 1. The molecule has 0 spiro atoms. The van der Waals surface area contributed by atoms with Crippen LogP contribution in [-0.4, -0.2) is 9.97 Å². The molecule has 2 rings (SSSR count). The minimum Gasteiger partial charge on any atom is -0.345 e. The normalized spacial score (nSPS) is 13.6. The molecule has 2 nitrogen and oxygen atoms in total. The van der Waals surface area contributed by atoms with Crippen molar-refractivity contribution in [2.75, 3.05) is 0 Å². The summed E-state index contributed by atoms with van der Waals surface area (Å²) in [5.41, 5.74) is 2.18. The standard InChI is InChI=1S/C15H16Cl2N2/c1-3-10(2)13(9-15-18-6-7-19-15)12-5-4-11(16)8-14(12)17/h4-10H,3H2,1-2H3,(H,18,19). The van der Waals surface area contributed by atoms with E-state index < -0.39 is 0 Å². The maximum atomic E-state index is 6.31. The van der Waals surface area contributed by atoms with Gasteiger partial charge in [-0.2, -0.15) is 0 Å². The average Bonchev–Trinajstić information content (AvgIpc) is 2.89. The lowest BCUT2D eigenvalue weighted by atomic mass is 9.91. The van der Waals surface area contributed by atoms with Crippen LogP contribution in [-0.2, 0) is 0 Å². The first-order valence-electron chi connectivity index (χ1n) is 6.28. The Kier molecular flexibility index (Phi) is 4.67. The van der Waals surface area contributed by atoms with Gasteiger partial charge in [-0.3, -0.25) is 0 Å². The largest absolute Gasteiger partial charge is 0.345 e. The molecule has 1 aromatic carbocycles. The van der Waals surface area contributed by atoms with Crippen molar-refractivity contribution in [3.05, 3.63) is 52.0 Å². The highest BCUT2D eigenvalue weighted by molar-refractivity contribution is 6.35. The SMILES string of the molecule is CCC(C)C(=Cc1ncc[nH]1)c1ccc(Cl)cc1Cl. The third-order valence-electron chi connectivity index (χ3n) is 3.20. The fourth-order valence-electron chi connectivity index (χ4n) is 1.93. The van der Waals surface area contributed by atoms with Crippen molar-refractivity contribution in [3.63, 3.8) is 0 Å². The Hall–Kier alpha value is -1.25. The van der Waals surface area contributed by atoms with Crippen molar-refractivity contribution in [1.29, 1.82) is 0 Å². The van der Waals surface area contributed by atoms with E-state index >= 15 is 0 Å². The molecule has 0 fully saturated rings. The monoisotopic (exact) mass is 294 g/mol. The van der Waals surface area contributed by atoms with Gasteiger partial charge < -0.3 is 4.98 Å². The van der Waals surface area contributed by atoms with Crippen LogP contribution in [0.25, 0.3) is 11.6 Å². The van der Waals surface area contributed by atoms with Crippen molar-refractivity contribution >= 4 is 34.9 Å². The Bertz CT molecular complexity index is 574. The van der Waals surface area contributed by atoms with Crippen molar-refractivity contribution < 1.29 is 0 Å². The number of aromatic nitrogens is 2. The number of hydrogen-bond acceptors (Lipinski definition) is 1. The van der Waals surface area contributed by atoms with Crippen LogP contribution >= 0.6 is 23.2 Å². The van der Waals surface area contributed by atoms with E-state index in [4.69, 9.17) is 23.2 Å². The minimum atomic E-state index is 0.392. The van der Waals surface area contributed by atoms with E-state index in [9.17, 15) is 0 Å². The first-order valence-corrected chi connectivity index (χ1v) is 7.03. The van der Waals surface area contributed by atoms with E-state index in [0.717, 1.165) is 17.8 Å². The molecular weight excluding hydrogens is 279 g/mol. The maximum Gasteiger partial charge on any atom is 0.130 e. The molecule has 0 amide bonds. The van der Waals surface area contributed by atoms with E-state index in [0.29, 0.717) is 16.0 Å². The van der Waals surface area contributed by atoms with Crippen LogP contribution in [0.4, 0.5) is 0 Å². The average molecular weight is 295 g/mol. The van der Waals surface area contributed by atoms with Crippen LogP contribution in [0.15, 0.2) is 30.6 Å². The molecule has 1 atom stereocenters. The number of nitrogens with one attached hydrogen (secondary N) is 1. The molecule has 1 heterocycles. The van der Waals surface area contributed by atoms with Gasteiger partial charge in [-0.1, -0.05) is 43.1 Å². The molecule has 19 heavy (non-hydrogen) atoms. The van der Waals surface area contributed by atoms with Gasteiger partial charge in [0.2, 0.25) is 0 Å². The highest BCUT2D eigenvalue weighted by Gasteiger charge is 2.13. The fourth-order valence-corrected chi connectivity index (χ4v) is 2.45. The van der Waals surface area contributed by atoms with E-state index in [2.05, 4.69) is 23.8 Å². The molecule has 2 aromatic rings. The second-order valence-electron chi connectivity index (χ2n) is 4.51. The summed E-state index contributed by atoms with van der Waals surface area (Å²) in [7, 11) is 0. The Labute approximate surface area is 123 Å². The summed E-state index contributed by atoms with van der Waals surface area (Å²) in [6.45, 7) is 4.34. The third-order valence-corrected chi connectivity index (χ3v) is 3.74. The summed E-state index contributed by atoms with van der Waals surface area (Å²) in [5.74, 6) is 1.23. The summed E-state index contributed by atoms with van der Waals surface area (Å²) < 4.78 is 0. The van der Waals surface area contributed by atoms with Crippen LogP contribution in [0.1, 0.15) is 31.7 Å². The summed E-state index contributed by atoms with van der Waals surface area (Å²) in [5, 5.41) is 1.32. The molecule has 0 aliphatic heterocycles. The lowest BCUT2D eigenvalue weighted by Crippen LogP contribution is -1.98. The zero-order chi connectivity index (χ0) is 13.8. The minimum absolute atomic E-state index is 0.392. The molecule has 4 heteroatoms. The topological polar surface area (TPSA) is 28.7 Å². The van der Waals surface area contributed by atoms with Crippen molar-refractivity contribution in [2.45, 2.75) is 20.3 Å². The molecule has 0 radical (unpaired) electrons. The Morgan fingerprint density at radius 2 is 2.21 bits per heavy atom. The van der Waals surface area contributed by atoms with Gasteiger partial charge in [-0.15, -0.1) is 0 Å². The second-order valence-corrected chi connectivity index (χ2v) is 5.35. The zero-order valence-corrected chi connectivity index (χ0v) is 12.5. The van der Waals surface area contributed by atoms with Crippen molar-refractivity contribution in [2.24, 2.45) is 5.92 Å². The first kappa shape index (κ1) is 14.2. The molecule has 0 aliphatic rings. The lowest BCUT2D eigenvalue weighted by molar-refractivity contribution is 0.720. The number of aromatic amines is 1. The molecule has 1 aromatic heterocycles. The van der Waals surface area contributed by atoms with Gasteiger partial charge in [0.15, 0.2) is 0 Å². The van der Waals surface area contributed by atoms with E-state index in [1.165, 1.54) is 5.57 Å². The fraction of sp³-hybridized carbons (Fsp3) is 0.267. The highest BCUT2D eigenvalue weighted by Crippen LogP contribution is 2.33. The number of halogens is 2. The number of allylic oxidation sites excluding steroid dienone is 1. The van der Waals surface area contributed by atoms with E-state index in [1.54, 1.807) is 12.3 Å². The Balaban J connectivity index is 2.49. The van der Waals surface area contributed by atoms with Crippen LogP contribution in [0.2, 0.25) is 10.0 Å². The van der Waals surface area contributed by atoms with Gasteiger partial charge in [0.25, 0.3) is 0 Å². The highest BCUT2D eigenvalue weighted by atomic mass is 35.5. The molecule has 0 saturated carbocycles. The van der Waals surface area contributed by atoms with Crippen LogP contribution < -0.4 is 0 Å². The quantitative estimate of drug-likeness (QED) is 0.814. The van der Waals surface area contributed by atoms with E-state index in [1.807, 2.05) is 24.4 Å². The third kappa shape index (κ3) is 3.40. The van der Waals surface area contributed by atoms with Gasteiger partial charge in [-0.25, -0.2) is 4.98 Å². The number of hydrogen-bond donors (Lipinski definition) is 1. The van der Waals surface area contributed by atoms with Crippen LogP contribution in [0.3, 0.4) is 0 Å². The molecule has 0 bridgehead atoms. The van der Waals surface area contributed by atoms with Crippen molar-refractivity contribution in [3.8, 4) is 0 Å². The number of imidazole rings is 1. The summed E-state index contributed by atoms with van der Waals surface area (Å²) in [4.78, 5) is 7.33. The smallest absolute Gasteiger partial charge is 0.130 e. The number of H-pyrrole nitrogens is 1. The van der Waals surface area contributed by atoms with Crippen molar-refractivity contribution in [1.82, 2.24) is 9.97 Å². The van der Waals surface area contributed by atoms with Crippen LogP contribution in [0.5, 0.6) is 0 Å². The molecule has 100 valence electrons. The summed E-state index contributed by atoms with van der Waals surface area (Å²) in [6, 6.07) is 5.60. The lowest BCUT2D eigenvalue weighted by Gasteiger charge is -2.16. The first-order chi connectivity index (χ1) is 9.11.